The third-order valence-electron chi connectivity index (χ3n) is 5.18. The summed E-state index contributed by atoms with van der Waals surface area (Å²) in [6, 6.07) is 13.1. The van der Waals surface area contributed by atoms with Gasteiger partial charge in [0.05, 0.1) is 6.61 Å². The predicted molar refractivity (Wildman–Crippen MR) is 115 cm³/mol. The molecule has 2 heterocycles. The van der Waals surface area contributed by atoms with E-state index in [-0.39, 0.29) is 23.1 Å². The van der Waals surface area contributed by atoms with Crippen LogP contribution in [0.15, 0.2) is 48.5 Å². The molecule has 7 nitrogen and oxygen atoms in total. The minimum atomic E-state index is -0.742. The molecule has 0 spiro atoms. The van der Waals surface area contributed by atoms with Crippen LogP contribution in [0.3, 0.4) is 0 Å². The predicted octanol–water partition coefficient (Wildman–Crippen LogP) is 2.80. The molecular weight excluding hydrogens is 402 g/mol. The van der Waals surface area contributed by atoms with Crippen LogP contribution in [0.5, 0.6) is 5.75 Å². The van der Waals surface area contributed by atoms with Gasteiger partial charge in [-0.05, 0) is 49.7 Å². The summed E-state index contributed by atoms with van der Waals surface area (Å²) in [7, 11) is 0. The Balaban J connectivity index is 1.37. The van der Waals surface area contributed by atoms with Crippen molar-refractivity contribution in [2.45, 2.75) is 31.3 Å². The number of ether oxygens (including phenoxy) is 1. The second-order valence-corrected chi connectivity index (χ2v) is 8.29. The minimum Gasteiger partial charge on any atom is -0.494 e. The maximum atomic E-state index is 12.9. The molecule has 2 aromatic rings. The van der Waals surface area contributed by atoms with Gasteiger partial charge in [0.1, 0.15) is 23.2 Å². The largest absolute Gasteiger partial charge is 0.494 e. The van der Waals surface area contributed by atoms with E-state index in [2.05, 4.69) is 10.6 Å². The van der Waals surface area contributed by atoms with Crippen LogP contribution in [0.1, 0.15) is 35.1 Å². The van der Waals surface area contributed by atoms with Crippen molar-refractivity contribution in [2.75, 3.05) is 17.7 Å². The molecule has 4 rings (SSSR count). The lowest BCUT2D eigenvalue weighted by molar-refractivity contribution is -0.128. The summed E-state index contributed by atoms with van der Waals surface area (Å²) in [6.45, 7) is 4.10. The molecule has 0 saturated carbocycles. The molecule has 1 saturated heterocycles. The van der Waals surface area contributed by atoms with Gasteiger partial charge >= 0.3 is 0 Å². The van der Waals surface area contributed by atoms with E-state index < -0.39 is 12.1 Å². The molecule has 1 fully saturated rings. The molecule has 3 amide bonds. The number of rotatable bonds is 6. The fourth-order valence-corrected chi connectivity index (χ4v) is 5.13. The lowest BCUT2D eigenvalue weighted by Gasteiger charge is -2.24. The summed E-state index contributed by atoms with van der Waals surface area (Å²) in [5, 5.41) is 5.39. The maximum absolute atomic E-state index is 12.9. The van der Waals surface area contributed by atoms with E-state index in [0.29, 0.717) is 23.6 Å². The quantitative estimate of drug-likeness (QED) is 0.743. The van der Waals surface area contributed by atoms with Crippen molar-refractivity contribution in [3.63, 3.8) is 0 Å². The van der Waals surface area contributed by atoms with Crippen molar-refractivity contribution in [3.05, 3.63) is 59.7 Å². The zero-order valence-corrected chi connectivity index (χ0v) is 17.6. The SMILES string of the molecule is CCOc1ccc(NC(=O)C(C)NC(=O)C2CSC3c4ccccc4C(=O)N23)cc1. The summed E-state index contributed by atoms with van der Waals surface area (Å²) in [4.78, 5) is 39.8. The number of carbonyl (C=O) groups is 3. The summed E-state index contributed by atoms with van der Waals surface area (Å²) in [5.74, 6) is 0.448. The number of anilines is 1. The number of thioether (sulfide) groups is 1. The van der Waals surface area contributed by atoms with E-state index >= 15 is 0 Å². The third-order valence-corrected chi connectivity index (χ3v) is 6.48. The Hall–Kier alpha value is -3.00. The highest BCUT2D eigenvalue weighted by Gasteiger charge is 2.48. The number of nitrogens with zero attached hydrogens (tertiary/aromatic N) is 1. The van der Waals surface area contributed by atoms with Gasteiger partial charge < -0.3 is 20.3 Å². The topological polar surface area (TPSA) is 87.7 Å². The van der Waals surface area contributed by atoms with E-state index in [0.717, 1.165) is 11.3 Å². The average molecular weight is 426 g/mol. The Morgan fingerprint density at radius 3 is 2.67 bits per heavy atom. The molecule has 0 bridgehead atoms. The van der Waals surface area contributed by atoms with Crippen molar-refractivity contribution in [3.8, 4) is 5.75 Å². The standard InChI is InChI=1S/C22H23N3O4S/c1-3-29-15-10-8-14(9-11-15)24-19(26)13(2)23-20(27)18-12-30-22-17-7-5-4-6-16(17)21(28)25(18)22/h4-11,13,18,22H,3,12H2,1-2H3,(H,23,27)(H,24,26). The fourth-order valence-electron chi connectivity index (χ4n) is 3.67. The Bertz CT molecular complexity index is 979. The zero-order chi connectivity index (χ0) is 21.3. The number of nitrogens with one attached hydrogen (secondary N) is 2. The zero-order valence-electron chi connectivity index (χ0n) is 16.8. The number of benzene rings is 2. The monoisotopic (exact) mass is 425 g/mol. The van der Waals surface area contributed by atoms with Crippen LogP contribution in [-0.2, 0) is 9.59 Å². The van der Waals surface area contributed by atoms with Crippen LogP contribution < -0.4 is 15.4 Å². The van der Waals surface area contributed by atoms with Gasteiger partial charge in [-0.2, -0.15) is 0 Å². The third kappa shape index (κ3) is 3.75. The number of carbonyl (C=O) groups excluding carboxylic acids is 3. The Morgan fingerprint density at radius 2 is 1.93 bits per heavy atom. The smallest absolute Gasteiger partial charge is 0.256 e. The van der Waals surface area contributed by atoms with Crippen molar-refractivity contribution < 1.29 is 19.1 Å². The van der Waals surface area contributed by atoms with E-state index in [1.54, 1.807) is 53.9 Å². The second kappa shape index (κ2) is 8.39. The van der Waals surface area contributed by atoms with Crippen LogP contribution in [0, 0.1) is 0 Å². The first kappa shape index (κ1) is 20.3. The molecule has 156 valence electrons. The number of hydrogen-bond donors (Lipinski definition) is 2. The van der Waals surface area contributed by atoms with E-state index in [1.807, 2.05) is 25.1 Å². The highest BCUT2D eigenvalue weighted by Crippen LogP contribution is 2.48. The van der Waals surface area contributed by atoms with Gasteiger partial charge in [-0.25, -0.2) is 0 Å². The molecule has 2 aliphatic rings. The van der Waals surface area contributed by atoms with Gasteiger partial charge in [-0.15, -0.1) is 11.8 Å². The van der Waals surface area contributed by atoms with E-state index in [4.69, 9.17) is 4.74 Å². The molecule has 0 aliphatic carbocycles. The lowest BCUT2D eigenvalue weighted by atomic mass is 10.1. The fraction of sp³-hybridized carbons (Fsp3) is 0.318. The molecule has 2 aliphatic heterocycles. The molecule has 3 unspecified atom stereocenters. The number of hydrogen-bond acceptors (Lipinski definition) is 5. The highest BCUT2D eigenvalue weighted by atomic mass is 32.2. The number of fused-ring (bicyclic) bond motifs is 3. The van der Waals surface area contributed by atoms with Crippen LogP contribution in [0.25, 0.3) is 0 Å². The first-order chi connectivity index (χ1) is 14.5. The molecule has 2 N–H and O–H groups in total. The van der Waals surface area contributed by atoms with Crippen molar-refractivity contribution in [1.82, 2.24) is 10.2 Å². The molecule has 30 heavy (non-hydrogen) atoms. The second-order valence-electron chi connectivity index (χ2n) is 7.18. The van der Waals surface area contributed by atoms with Gasteiger partial charge in [-0.1, -0.05) is 18.2 Å². The number of amides is 3. The van der Waals surface area contributed by atoms with E-state index in [1.165, 1.54) is 0 Å². The summed E-state index contributed by atoms with van der Waals surface area (Å²) < 4.78 is 5.39. The summed E-state index contributed by atoms with van der Waals surface area (Å²) >= 11 is 1.57. The maximum Gasteiger partial charge on any atom is 0.256 e. The van der Waals surface area contributed by atoms with Crippen molar-refractivity contribution >= 4 is 35.2 Å². The minimum absolute atomic E-state index is 0.132. The lowest BCUT2D eigenvalue weighted by Crippen LogP contribution is -2.51. The van der Waals surface area contributed by atoms with Crippen LogP contribution in [0.2, 0.25) is 0 Å². The first-order valence-electron chi connectivity index (χ1n) is 9.87. The van der Waals surface area contributed by atoms with Crippen LogP contribution in [-0.4, -0.2) is 47.1 Å². The molecule has 0 aromatic heterocycles. The van der Waals surface area contributed by atoms with E-state index in [9.17, 15) is 14.4 Å². The van der Waals surface area contributed by atoms with Gasteiger partial charge in [0.25, 0.3) is 5.91 Å². The molecule has 2 aromatic carbocycles. The van der Waals surface area contributed by atoms with Gasteiger partial charge in [0, 0.05) is 17.0 Å². The first-order valence-corrected chi connectivity index (χ1v) is 10.9. The van der Waals surface area contributed by atoms with Gasteiger partial charge in [-0.3, -0.25) is 14.4 Å². The van der Waals surface area contributed by atoms with Crippen LogP contribution in [0.4, 0.5) is 5.69 Å². The summed E-state index contributed by atoms with van der Waals surface area (Å²) in [5.41, 5.74) is 2.21. The Labute approximate surface area is 179 Å². The average Bonchev–Trinajstić information content (AvgIpc) is 3.30. The Kier molecular flexibility index (Phi) is 5.67. The highest BCUT2D eigenvalue weighted by molar-refractivity contribution is 7.99. The molecule has 8 heteroatoms. The molecular formula is C22H23N3O4S. The molecule has 0 radical (unpaired) electrons. The van der Waals surface area contributed by atoms with Crippen molar-refractivity contribution in [1.29, 1.82) is 0 Å². The Morgan fingerprint density at radius 1 is 1.20 bits per heavy atom. The van der Waals surface area contributed by atoms with Gasteiger partial charge in [0.15, 0.2) is 0 Å². The normalized spacial score (nSPS) is 20.3. The van der Waals surface area contributed by atoms with Crippen molar-refractivity contribution in [2.24, 2.45) is 0 Å². The van der Waals surface area contributed by atoms with Gasteiger partial charge in [0.2, 0.25) is 11.8 Å². The molecule has 3 atom stereocenters. The summed E-state index contributed by atoms with van der Waals surface area (Å²) in [6.07, 6.45) is 0. The van der Waals surface area contributed by atoms with Crippen LogP contribution >= 0.6 is 11.8 Å².